The maximum absolute atomic E-state index is 4.26. The number of hydrogen-bond donors (Lipinski definition) is 0. The second-order valence-electron chi connectivity index (χ2n) is 3.28. The maximum atomic E-state index is 4.26. The molecule has 0 aromatic heterocycles. The summed E-state index contributed by atoms with van der Waals surface area (Å²) in [5.74, 6) is 0. The molecule has 74 valence electrons. The Labute approximate surface area is 119 Å². The molecule has 2 aromatic rings. The first kappa shape index (κ1) is 13.2. The van der Waals surface area contributed by atoms with Crippen LogP contribution in [0.25, 0.3) is 0 Å². The number of benzene rings is 2. The molecule has 0 aliphatic heterocycles. The average molecular weight is 217 g/mol. The van der Waals surface area contributed by atoms with E-state index < -0.39 is 0 Å². The van der Waals surface area contributed by atoms with Crippen molar-refractivity contribution in [3.05, 3.63) is 71.8 Å². The van der Waals surface area contributed by atoms with Gasteiger partial charge < -0.3 is 4.99 Å². The third kappa shape index (κ3) is 4.31. The van der Waals surface area contributed by atoms with Crippen molar-refractivity contribution in [3.8, 4) is 0 Å². The van der Waals surface area contributed by atoms with E-state index in [1.807, 2.05) is 48.5 Å². The van der Waals surface area contributed by atoms with E-state index in [0.717, 1.165) is 5.56 Å². The van der Waals surface area contributed by atoms with E-state index in [0.29, 0.717) is 6.54 Å². The fraction of sp³-hybridized carbons (Fsp3) is 0.0714. The topological polar surface area (TPSA) is 12.4 Å². The van der Waals surface area contributed by atoms with Crippen molar-refractivity contribution in [3.63, 3.8) is 0 Å². The summed E-state index contributed by atoms with van der Waals surface area (Å²) in [7, 11) is 0. The molecule has 0 radical (unpaired) electrons. The Kier molecular flexibility index (Phi) is 6.09. The van der Waals surface area contributed by atoms with Gasteiger partial charge in [0.2, 0.25) is 0 Å². The Morgan fingerprint density at radius 2 is 1.38 bits per heavy atom. The van der Waals surface area contributed by atoms with Crippen LogP contribution in [-0.2, 0) is 6.54 Å². The van der Waals surface area contributed by atoms with Crippen LogP contribution in [0.15, 0.2) is 65.7 Å². The standard InChI is InChI=1S/C14H12N.Na/c1-3-7-13(8-4-1)11-15-12-14-9-5-2-6-10-14;/h1-10H,11H2;/q-1;+1. The van der Waals surface area contributed by atoms with E-state index in [4.69, 9.17) is 0 Å². The van der Waals surface area contributed by atoms with Crippen LogP contribution in [0.5, 0.6) is 0 Å². The van der Waals surface area contributed by atoms with Crippen molar-refractivity contribution in [1.82, 2.24) is 0 Å². The van der Waals surface area contributed by atoms with Gasteiger partial charge in [0.15, 0.2) is 0 Å². The maximum Gasteiger partial charge on any atom is 1.00 e. The van der Waals surface area contributed by atoms with Crippen LogP contribution >= 0.6 is 0 Å². The molecule has 0 unspecified atom stereocenters. The van der Waals surface area contributed by atoms with Gasteiger partial charge in [-0.3, -0.25) is 0 Å². The summed E-state index contributed by atoms with van der Waals surface area (Å²) in [4.78, 5) is 4.26. The Balaban J connectivity index is 0.00000128. The summed E-state index contributed by atoms with van der Waals surface area (Å²) in [6, 6.07) is 20.1. The molecule has 0 fully saturated rings. The fourth-order valence-corrected chi connectivity index (χ4v) is 1.32. The molecule has 0 atom stereocenters. The zero-order chi connectivity index (χ0) is 10.3. The number of aliphatic imine (C=N–C) groups is 1. The summed E-state index contributed by atoms with van der Waals surface area (Å²) in [6.07, 6.45) is 3.02. The molecule has 2 rings (SSSR count). The zero-order valence-electron chi connectivity index (χ0n) is 9.43. The van der Waals surface area contributed by atoms with Gasteiger partial charge in [-0.1, -0.05) is 42.6 Å². The van der Waals surface area contributed by atoms with Gasteiger partial charge in [-0.25, -0.2) is 0 Å². The molecule has 0 amide bonds. The van der Waals surface area contributed by atoms with E-state index in [2.05, 4.69) is 23.3 Å². The number of hydrogen-bond acceptors (Lipinski definition) is 1. The largest absolute Gasteiger partial charge is 1.00 e. The van der Waals surface area contributed by atoms with Crippen molar-refractivity contribution in [2.45, 2.75) is 6.54 Å². The molecule has 0 bridgehead atoms. The quantitative estimate of drug-likeness (QED) is 0.395. The van der Waals surface area contributed by atoms with Crippen molar-refractivity contribution >= 4 is 6.21 Å². The molecule has 0 aliphatic rings. The minimum atomic E-state index is 0. The van der Waals surface area contributed by atoms with Gasteiger partial charge in [0.05, 0.1) is 0 Å². The third-order valence-corrected chi connectivity index (χ3v) is 2.09. The SMILES string of the molecule is [C-](=NCc1ccccc1)c1ccccc1.[Na+]. The van der Waals surface area contributed by atoms with Crippen molar-refractivity contribution in [1.29, 1.82) is 0 Å². The summed E-state index contributed by atoms with van der Waals surface area (Å²) in [5, 5.41) is 0. The van der Waals surface area contributed by atoms with Gasteiger partial charge >= 0.3 is 29.6 Å². The van der Waals surface area contributed by atoms with Crippen LogP contribution in [0, 0.1) is 0 Å². The first-order chi connectivity index (χ1) is 7.45. The Morgan fingerprint density at radius 1 is 0.812 bits per heavy atom. The second-order valence-corrected chi connectivity index (χ2v) is 3.28. The molecule has 16 heavy (non-hydrogen) atoms. The molecule has 0 saturated heterocycles. The Bertz CT molecular complexity index is 423. The Hall–Kier alpha value is -0.890. The van der Waals surface area contributed by atoms with Crippen LogP contribution in [0.4, 0.5) is 0 Å². The van der Waals surface area contributed by atoms with Crippen LogP contribution in [0.1, 0.15) is 11.1 Å². The number of rotatable bonds is 3. The van der Waals surface area contributed by atoms with Gasteiger partial charge in [0, 0.05) is 6.54 Å². The Morgan fingerprint density at radius 3 is 2.00 bits per heavy atom. The molecular formula is C14H12NNa. The predicted molar refractivity (Wildman–Crippen MR) is 63.1 cm³/mol. The molecule has 2 aromatic carbocycles. The van der Waals surface area contributed by atoms with Crippen LogP contribution < -0.4 is 29.6 Å². The number of nitrogens with zero attached hydrogens (tertiary/aromatic N) is 1. The van der Waals surface area contributed by atoms with E-state index in [1.54, 1.807) is 0 Å². The second kappa shape index (κ2) is 7.39. The minimum Gasteiger partial charge on any atom is -0.355 e. The summed E-state index contributed by atoms with van der Waals surface area (Å²) in [6.45, 7) is 0.690. The minimum absolute atomic E-state index is 0. The van der Waals surface area contributed by atoms with Crippen molar-refractivity contribution in [2.24, 2.45) is 4.99 Å². The van der Waals surface area contributed by atoms with Crippen LogP contribution in [0.3, 0.4) is 0 Å². The first-order valence-electron chi connectivity index (χ1n) is 4.96. The first-order valence-corrected chi connectivity index (χ1v) is 4.96. The molecule has 0 saturated carbocycles. The normalized spacial score (nSPS) is 10.0. The molecule has 0 heterocycles. The van der Waals surface area contributed by atoms with Gasteiger partial charge in [0.25, 0.3) is 0 Å². The van der Waals surface area contributed by atoms with Crippen molar-refractivity contribution < 1.29 is 29.6 Å². The monoisotopic (exact) mass is 217 g/mol. The summed E-state index contributed by atoms with van der Waals surface area (Å²) >= 11 is 0. The van der Waals surface area contributed by atoms with E-state index in [9.17, 15) is 0 Å². The zero-order valence-corrected chi connectivity index (χ0v) is 11.4. The predicted octanol–water partition coefficient (Wildman–Crippen LogP) is 0.187. The summed E-state index contributed by atoms with van der Waals surface area (Å²) in [5.41, 5.74) is 2.23. The fourth-order valence-electron chi connectivity index (χ4n) is 1.32. The molecule has 0 spiro atoms. The van der Waals surface area contributed by atoms with Gasteiger partial charge in [0.1, 0.15) is 0 Å². The third-order valence-electron chi connectivity index (χ3n) is 2.09. The van der Waals surface area contributed by atoms with Gasteiger partial charge in [-0.05, 0) is 5.56 Å². The average Bonchev–Trinajstić information content (AvgIpc) is 2.32. The van der Waals surface area contributed by atoms with E-state index >= 15 is 0 Å². The summed E-state index contributed by atoms with van der Waals surface area (Å²) < 4.78 is 0. The molecule has 0 aliphatic carbocycles. The van der Waals surface area contributed by atoms with Crippen molar-refractivity contribution in [2.75, 3.05) is 0 Å². The van der Waals surface area contributed by atoms with Crippen LogP contribution in [0.2, 0.25) is 0 Å². The smallest absolute Gasteiger partial charge is 0.355 e. The van der Waals surface area contributed by atoms with Gasteiger partial charge in [-0.15, -0.1) is 12.1 Å². The molecule has 2 heteroatoms. The molecule has 1 nitrogen and oxygen atoms in total. The van der Waals surface area contributed by atoms with Crippen LogP contribution in [-0.4, -0.2) is 6.21 Å². The van der Waals surface area contributed by atoms with E-state index in [-0.39, 0.29) is 29.6 Å². The molecular weight excluding hydrogens is 205 g/mol. The van der Waals surface area contributed by atoms with Gasteiger partial charge in [-0.2, -0.15) is 17.7 Å². The molecule has 0 N–H and O–H groups in total. The van der Waals surface area contributed by atoms with E-state index in [1.165, 1.54) is 5.56 Å².